The van der Waals surface area contributed by atoms with Crippen LogP contribution in [-0.4, -0.2) is 15.0 Å². The number of pyridine rings is 1. The van der Waals surface area contributed by atoms with Gasteiger partial charge in [0.1, 0.15) is 0 Å². The van der Waals surface area contributed by atoms with E-state index < -0.39 is 0 Å². The number of para-hydroxylation sites is 1. The first-order valence-corrected chi connectivity index (χ1v) is 20.0. The van der Waals surface area contributed by atoms with Crippen molar-refractivity contribution < 1.29 is 0 Å². The highest BCUT2D eigenvalue weighted by Crippen LogP contribution is 2.43. The lowest BCUT2D eigenvalue weighted by Gasteiger charge is -2.13. The number of thiophene rings is 1. The largest absolute Gasteiger partial charge is 0.247 e. The molecule has 0 bridgehead atoms. The lowest BCUT2D eigenvalue weighted by Crippen LogP contribution is -1.96. The van der Waals surface area contributed by atoms with Gasteiger partial charge in [0.05, 0.1) is 22.6 Å². The zero-order valence-corrected chi connectivity index (χ0v) is 31.6. The molecule has 0 aliphatic heterocycles. The first kappa shape index (κ1) is 33.1. The highest BCUT2D eigenvalue weighted by molar-refractivity contribution is 7.26. The number of hydrogen-bond acceptors (Lipinski definition) is 4. The van der Waals surface area contributed by atoms with Crippen LogP contribution < -0.4 is 0 Å². The molecule has 4 heteroatoms. The van der Waals surface area contributed by atoms with Gasteiger partial charge in [0, 0.05) is 58.6 Å². The van der Waals surface area contributed by atoms with Gasteiger partial charge in [-0.05, 0) is 46.5 Å². The van der Waals surface area contributed by atoms with E-state index in [0.717, 1.165) is 56.0 Å². The Balaban J connectivity index is 0.978. The van der Waals surface area contributed by atoms with Crippen LogP contribution in [0.3, 0.4) is 0 Å². The van der Waals surface area contributed by atoms with Crippen molar-refractivity contribution in [3.8, 4) is 67.4 Å². The van der Waals surface area contributed by atoms with E-state index in [1.54, 1.807) is 0 Å². The lowest BCUT2D eigenvalue weighted by molar-refractivity contribution is 1.18. The van der Waals surface area contributed by atoms with Crippen molar-refractivity contribution in [1.82, 2.24) is 15.0 Å². The van der Waals surface area contributed by atoms with Crippen LogP contribution in [0.1, 0.15) is 0 Å². The Morgan fingerprint density at radius 1 is 0.316 bits per heavy atom. The van der Waals surface area contributed by atoms with E-state index in [1.807, 2.05) is 35.6 Å². The molecule has 3 nitrogen and oxygen atoms in total. The maximum absolute atomic E-state index is 5.30. The third-order valence-electron chi connectivity index (χ3n) is 10.9. The summed E-state index contributed by atoms with van der Waals surface area (Å²) in [7, 11) is 0. The van der Waals surface area contributed by atoms with Crippen LogP contribution in [0.5, 0.6) is 0 Å². The van der Waals surface area contributed by atoms with Crippen molar-refractivity contribution >= 4 is 53.2 Å². The van der Waals surface area contributed by atoms with Gasteiger partial charge in [-0.2, -0.15) is 0 Å². The van der Waals surface area contributed by atoms with Gasteiger partial charge in [0.2, 0.25) is 0 Å². The first-order chi connectivity index (χ1) is 28.2. The maximum atomic E-state index is 5.30. The predicted molar refractivity (Wildman–Crippen MR) is 240 cm³/mol. The zero-order valence-electron chi connectivity index (χ0n) is 30.8. The van der Waals surface area contributed by atoms with Crippen molar-refractivity contribution in [2.45, 2.75) is 0 Å². The highest BCUT2D eigenvalue weighted by atomic mass is 32.1. The first-order valence-electron chi connectivity index (χ1n) is 19.2. The quantitative estimate of drug-likeness (QED) is 0.159. The molecule has 0 spiro atoms. The summed E-state index contributed by atoms with van der Waals surface area (Å²) in [5, 5.41) is 6.23. The van der Waals surface area contributed by atoms with E-state index in [-0.39, 0.29) is 0 Å². The summed E-state index contributed by atoms with van der Waals surface area (Å²) in [4.78, 5) is 15.4. The maximum Gasteiger partial charge on any atom is 0.160 e. The normalized spacial score (nSPS) is 11.5. The summed E-state index contributed by atoms with van der Waals surface area (Å²) < 4.78 is 2.62. The topological polar surface area (TPSA) is 38.7 Å². The number of benzene rings is 8. The molecule has 0 unspecified atom stereocenters. The standard InChI is InChI=1S/C53H33N3S/c1-3-12-34(13-4-1)35-22-26-37(27-23-35)47-33-48(56-53(55-47)39-14-5-2-6-15-39)38-28-24-36(25-29-38)40-16-11-17-41(32-40)51-45-31-30-43-42-18-8-10-21-49(42)57-52(43)50(45)44-19-7-9-20-46(44)54-51/h1-33H. The molecule has 8 aromatic carbocycles. The Labute approximate surface area is 334 Å². The Hall–Kier alpha value is -7.27. The third-order valence-corrected chi connectivity index (χ3v) is 12.1. The molecular formula is C53H33N3S. The molecule has 0 aliphatic carbocycles. The van der Waals surface area contributed by atoms with Crippen molar-refractivity contribution in [2.24, 2.45) is 0 Å². The minimum atomic E-state index is 0.704. The number of aromatic nitrogens is 3. The molecule has 0 aliphatic rings. The molecule has 0 radical (unpaired) electrons. The molecule has 11 rings (SSSR count). The van der Waals surface area contributed by atoms with Crippen LogP contribution in [0.25, 0.3) is 109 Å². The second kappa shape index (κ2) is 13.8. The summed E-state index contributed by atoms with van der Waals surface area (Å²) in [6.45, 7) is 0. The number of rotatable bonds is 6. The average molecular weight is 744 g/mol. The third kappa shape index (κ3) is 5.95. The molecule has 3 heterocycles. The van der Waals surface area contributed by atoms with E-state index in [0.29, 0.717) is 5.82 Å². The summed E-state index contributed by atoms with van der Waals surface area (Å²) in [6, 6.07) is 70.7. The number of nitrogens with zero attached hydrogens (tertiary/aromatic N) is 3. The molecule has 57 heavy (non-hydrogen) atoms. The van der Waals surface area contributed by atoms with E-state index in [2.05, 4.69) is 176 Å². The van der Waals surface area contributed by atoms with Gasteiger partial charge < -0.3 is 0 Å². The number of hydrogen-bond donors (Lipinski definition) is 0. The smallest absolute Gasteiger partial charge is 0.160 e. The summed E-state index contributed by atoms with van der Waals surface area (Å²) in [5.74, 6) is 0.704. The monoisotopic (exact) mass is 743 g/mol. The van der Waals surface area contributed by atoms with E-state index in [9.17, 15) is 0 Å². The molecule has 0 saturated heterocycles. The van der Waals surface area contributed by atoms with Gasteiger partial charge in [0.25, 0.3) is 0 Å². The van der Waals surface area contributed by atoms with Crippen molar-refractivity contribution in [2.75, 3.05) is 0 Å². The Kier molecular flexibility index (Phi) is 8.01. The molecule has 3 aromatic heterocycles. The minimum Gasteiger partial charge on any atom is -0.247 e. The molecule has 11 aromatic rings. The van der Waals surface area contributed by atoms with Gasteiger partial charge in [-0.3, -0.25) is 0 Å². The van der Waals surface area contributed by atoms with Crippen LogP contribution in [-0.2, 0) is 0 Å². The molecule has 0 amide bonds. The molecule has 266 valence electrons. The van der Waals surface area contributed by atoms with E-state index in [1.165, 1.54) is 47.5 Å². The Morgan fingerprint density at radius 2 is 0.842 bits per heavy atom. The van der Waals surface area contributed by atoms with Crippen LogP contribution in [0.2, 0.25) is 0 Å². The Morgan fingerprint density at radius 3 is 1.56 bits per heavy atom. The van der Waals surface area contributed by atoms with Gasteiger partial charge in [-0.25, -0.2) is 15.0 Å². The molecule has 0 atom stereocenters. The molecule has 0 saturated carbocycles. The zero-order chi connectivity index (χ0) is 37.7. The SMILES string of the molecule is c1ccc(-c2ccc(-c3cc(-c4ccc(-c5cccc(-c6nc7ccccc7c7c6ccc6c8ccccc8sc67)c5)cc4)nc(-c4ccccc4)n3)cc2)cc1. The molecular weight excluding hydrogens is 711 g/mol. The second-order valence-corrected chi connectivity index (χ2v) is 15.4. The second-order valence-electron chi connectivity index (χ2n) is 14.4. The fraction of sp³-hybridized carbons (Fsp3) is 0. The van der Waals surface area contributed by atoms with Gasteiger partial charge in [-0.15, -0.1) is 11.3 Å². The van der Waals surface area contributed by atoms with Gasteiger partial charge >= 0.3 is 0 Å². The summed E-state index contributed by atoms with van der Waals surface area (Å²) in [5.41, 5.74) is 12.6. The summed E-state index contributed by atoms with van der Waals surface area (Å²) in [6.07, 6.45) is 0. The van der Waals surface area contributed by atoms with Crippen LogP contribution >= 0.6 is 11.3 Å². The van der Waals surface area contributed by atoms with E-state index in [4.69, 9.17) is 15.0 Å². The highest BCUT2D eigenvalue weighted by Gasteiger charge is 2.17. The van der Waals surface area contributed by atoms with Gasteiger partial charge in [-0.1, -0.05) is 176 Å². The fourth-order valence-electron chi connectivity index (χ4n) is 8.04. The summed E-state index contributed by atoms with van der Waals surface area (Å²) >= 11 is 1.87. The minimum absolute atomic E-state index is 0.704. The van der Waals surface area contributed by atoms with Crippen LogP contribution in [0.15, 0.2) is 200 Å². The fourth-order valence-corrected chi connectivity index (χ4v) is 9.30. The molecule has 0 N–H and O–H groups in total. The van der Waals surface area contributed by atoms with Crippen LogP contribution in [0.4, 0.5) is 0 Å². The molecule has 0 fully saturated rings. The number of fused-ring (bicyclic) bond motifs is 7. The van der Waals surface area contributed by atoms with Crippen molar-refractivity contribution in [3.05, 3.63) is 200 Å². The van der Waals surface area contributed by atoms with Crippen LogP contribution in [0, 0.1) is 0 Å². The van der Waals surface area contributed by atoms with Crippen molar-refractivity contribution in [1.29, 1.82) is 0 Å². The average Bonchev–Trinajstić information content (AvgIpc) is 3.68. The lowest BCUT2D eigenvalue weighted by atomic mass is 9.95. The van der Waals surface area contributed by atoms with E-state index >= 15 is 0 Å². The Bertz CT molecular complexity index is 3260. The van der Waals surface area contributed by atoms with Gasteiger partial charge in [0.15, 0.2) is 5.82 Å². The van der Waals surface area contributed by atoms with Crippen molar-refractivity contribution in [3.63, 3.8) is 0 Å². The predicted octanol–water partition coefficient (Wildman–Crippen LogP) is 14.5.